The van der Waals surface area contributed by atoms with Gasteiger partial charge in [-0.25, -0.2) is 0 Å². The number of nitrogens with two attached hydrogens (primary N) is 1. The molecule has 2 aromatic carbocycles. The van der Waals surface area contributed by atoms with Crippen molar-refractivity contribution in [2.75, 3.05) is 5.32 Å². The van der Waals surface area contributed by atoms with Gasteiger partial charge in [-0.2, -0.15) is 8.78 Å². The molecule has 0 atom stereocenters. The Morgan fingerprint density at radius 2 is 1.90 bits per heavy atom. The van der Waals surface area contributed by atoms with Crippen LogP contribution in [0.15, 0.2) is 47.4 Å². The lowest BCUT2D eigenvalue weighted by atomic mass is 10.1. The first-order chi connectivity index (χ1) is 9.97. The largest absolute Gasteiger partial charge is 0.389 e. The number of rotatable bonds is 5. The van der Waals surface area contributed by atoms with Gasteiger partial charge < -0.3 is 11.1 Å². The van der Waals surface area contributed by atoms with Gasteiger partial charge in [0.25, 0.3) is 5.76 Å². The summed E-state index contributed by atoms with van der Waals surface area (Å²) in [5.74, 6) is -2.50. The van der Waals surface area contributed by atoms with Gasteiger partial charge in [0.2, 0.25) is 0 Å². The molecule has 0 spiro atoms. The minimum atomic E-state index is -2.50. The Hall–Kier alpha value is -1.37. The zero-order valence-corrected chi connectivity index (χ0v) is 13.0. The molecule has 0 saturated carbocycles. The average molecular weight is 345 g/mol. The van der Waals surface area contributed by atoms with Crippen LogP contribution in [0.5, 0.6) is 0 Å². The molecule has 0 unspecified atom stereocenters. The number of benzene rings is 2. The van der Waals surface area contributed by atoms with Crippen LogP contribution in [0.2, 0.25) is 5.02 Å². The molecule has 0 bridgehead atoms. The van der Waals surface area contributed by atoms with Crippen molar-refractivity contribution in [3.63, 3.8) is 0 Å². The number of thioether (sulfide) groups is 1. The third-order valence-corrected chi connectivity index (χ3v) is 3.86. The second kappa shape index (κ2) is 7.06. The smallest absolute Gasteiger partial charge is 0.288 e. The Kier molecular flexibility index (Phi) is 5.39. The molecule has 3 N–H and O–H groups in total. The Labute approximate surface area is 135 Å². The molecule has 0 amide bonds. The number of halogens is 3. The third-order valence-electron chi connectivity index (χ3n) is 2.62. The summed E-state index contributed by atoms with van der Waals surface area (Å²) < 4.78 is 25.2. The van der Waals surface area contributed by atoms with E-state index in [0.29, 0.717) is 38.6 Å². The lowest BCUT2D eigenvalue weighted by Gasteiger charge is -2.14. The summed E-state index contributed by atoms with van der Waals surface area (Å²) in [5.41, 5.74) is 7.39. The van der Waals surface area contributed by atoms with Crippen molar-refractivity contribution in [1.82, 2.24) is 0 Å². The standard InChI is InChI=1S/C14H11ClF2N2S2/c15-8-5-6-9(13(18)20)11(7-8)19-10-3-1-2-4-12(10)21-14(16)17/h1-7,14,19H,(H2,18,20). The van der Waals surface area contributed by atoms with E-state index in [2.05, 4.69) is 5.32 Å². The van der Waals surface area contributed by atoms with Gasteiger partial charge in [0, 0.05) is 15.5 Å². The van der Waals surface area contributed by atoms with E-state index < -0.39 is 5.76 Å². The highest BCUT2D eigenvalue weighted by Crippen LogP contribution is 2.34. The number of para-hydroxylation sites is 1. The van der Waals surface area contributed by atoms with Crippen LogP contribution in [-0.2, 0) is 0 Å². The molecule has 0 aliphatic heterocycles. The normalized spacial score (nSPS) is 10.7. The van der Waals surface area contributed by atoms with E-state index >= 15 is 0 Å². The van der Waals surface area contributed by atoms with Crippen molar-refractivity contribution < 1.29 is 8.78 Å². The van der Waals surface area contributed by atoms with Crippen LogP contribution < -0.4 is 11.1 Å². The molecule has 0 heterocycles. The SMILES string of the molecule is NC(=S)c1ccc(Cl)cc1Nc1ccccc1SC(F)F. The number of alkyl halides is 2. The highest BCUT2D eigenvalue weighted by atomic mass is 35.5. The summed E-state index contributed by atoms with van der Waals surface area (Å²) >= 11 is 11.4. The quantitative estimate of drug-likeness (QED) is 0.589. The predicted molar refractivity (Wildman–Crippen MR) is 88.9 cm³/mol. The number of thiocarbonyl (C=S) groups is 1. The van der Waals surface area contributed by atoms with Crippen LogP contribution in [0.3, 0.4) is 0 Å². The number of anilines is 2. The number of hydrogen-bond acceptors (Lipinski definition) is 3. The highest BCUT2D eigenvalue weighted by Gasteiger charge is 2.12. The third kappa shape index (κ3) is 4.30. The first-order valence-corrected chi connectivity index (χ1v) is 7.54. The van der Waals surface area contributed by atoms with Crippen molar-refractivity contribution in [2.24, 2.45) is 5.73 Å². The molecule has 0 radical (unpaired) electrons. The molecule has 0 saturated heterocycles. The zero-order valence-electron chi connectivity index (χ0n) is 10.6. The number of nitrogens with one attached hydrogen (secondary N) is 1. The van der Waals surface area contributed by atoms with E-state index in [9.17, 15) is 8.78 Å². The van der Waals surface area contributed by atoms with E-state index in [1.165, 1.54) is 0 Å². The van der Waals surface area contributed by atoms with E-state index in [0.717, 1.165) is 0 Å². The van der Waals surface area contributed by atoms with Crippen LogP contribution in [0.25, 0.3) is 0 Å². The lowest BCUT2D eigenvalue weighted by molar-refractivity contribution is 0.252. The lowest BCUT2D eigenvalue weighted by Crippen LogP contribution is -2.12. The molecule has 21 heavy (non-hydrogen) atoms. The molecule has 0 fully saturated rings. The predicted octanol–water partition coefficient (Wildman–Crippen LogP) is 5.03. The van der Waals surface area contributed by atoms with E-state index in [-0.39, 0.29) is 4.99 Å². The maximum atomic E-state index is 12.6. The summed E-state index contributed by atoms with van der Waals surface area (Å²) in [4.78, 5) is 0.634. The molecule has 2 nitrogen and oxygen atoms in total. The maximum absolute atomic E-state index is 12.6. The fourth-order valence-corrected chi connectivity index (χ4v) is 2.69. The van der Waals surface area contributed by atoms with Crippen molar-refractivity contribution in [3.05, 3.63) is 53.1 Å². The molecule has 0 aromatic heterocycles. The van der Waals surface area contributed by atoms with Crippen molar-refractivity contribution in [1.29, 1.82) is 0 Å². The van der Waals surface area contributed by atoms with Crippen molar-refractivity contribution in [2.45, 2.75) is 10.7 Å². The Morgan fingerprint density at radius 3 is 2.57 bits per heavy atom. The summed E-state index contributed by atoms with van der Waals surface area (Å²) in [5, 5.41) is 3.56. The molecule has 0 aliphatic carbocycles. The topological polar surface area (TPSA) is 38.0 Å². The van der Waals surface area contributed by atoms with Crippen LogP contribution in [-0.4, -0.2) is 10.7 Å². The molecule has 2 rings (SSSR count). The Balaban J connectivity index is 2.38. The van der Waals surface area contributed by atoms with E-state index in [1.807, 2.05) is 0 Å². The maximum Gasteiger partial charge on any atom is 0.288 e. The van der Waals surface area contributed by atoms with E-state index in [1.54, 1.807) is 42.5 Å². The van der Waals surface area contributed by atoms with Gasteiger partial charge in [-0.15, -0.1) is 0 Å². The first-order valence-electron chi connectivity index (χ1n) is 5.87. The molecule has 0 aliphatic rings. The van der Waals surface area contributed by atoms with Gasteiger partial charge >= 0.3 is 0 Å². The van der Waals surface area contributed by atoms with Gasteiger partial charge in [-0.1, -0.05) is 47.7 Å². The minimum absolute atomic E-state index is 0.202. The summed E-state index contributed by atoms with van der Waals surface area (Å²) in [6.07, 6.45) is 0. The number of hydrogen-bond donors (Lipinski definition) is 2. The zero-order chi connectivity index (χ0) is 15.4. The molecule has 2 aromatic rings. The molecule has 7 heteroatoms. The summed E-state index contributed by atoms with van der Waals surface area (Å²) in [6, 6.07) is 11.8. The van der Waals surface area contributed by atoms with Crippen LogP contribution in [0.4, 0.5) is 20.2 Å². The monoisotopic (exact) mass is 344 g/mol. The first kappa shape index (κ1) is 16.0. The van der Waals surface area contributed by atoms with Crippen molar-refractivity contribution >= 4 is 51.9 Å². The van der Waals surface area contributed by atoms with Crippen molar-refractivity contribution in [3.8, 4) is 0 Å². The summed E-state index contributed by atoms with van der Waals surface area (Å²) in [6.45, 7) is 0. The van der Waals surface area contributed by atoms with Gasteiger partial charge in [0.15, 0.2) is 0 Å². The van der Waals surface area contributed by atoms with Gasteiger partial charge in [0.05, 0.1) is 11.4 Å². The van der Waals surface area contributed by atoms with Crippen LogP contribution in [0.1, 0.15) is 5.56 Å². The molecule has 110 valence electrons. The molecular weight excluding hydrogens is 334 g/mol. The van der Waals surface area contributed by atoms with Gasteiger partial charge in [-0.05, 0) is 30.3 Å². The van der Waals surface area contributed by atoms with Crippen LogP contribution >= 0.6 is 35.6 Å². The Bertz CT molecular complexity index is 665. The fraction of sp³-hybridized carbons (Fsp3) is 0.0714. The highest BCUT2D eigenvalue weighted by molar-refractivity contribution is 7.99. The average Bonchev–Trinajstić information content (AvgIpc) is 2.40. The molecular formula is C14H11ClF2N2S2. The fourth-order valence-electron chi connectivity index (χ4n) is 1.75. The van der Waals surface area contributed by atoms with Gasteiger partial charge in [-0.3, -0.25) is 0 Å². The van der Waals surface area contributed by atoms with Crippen LogP contribution in [0, 0.1) is 0 Å². The minimum Gasteiger partial charge on any atom is -0.389 e. The second-order valence-electron chi connectivity index (χ2n) is 4.05. The van der Waals surface area contributed by atoms with Gasteiger partial charge in [0.1, 0.15) is 4.99 Å². The Morgan fingerprint density at radius 1 is 1.19 bits per heavy atom. The second-order valence-corrected chi connectivity index (χ2v) is 5.96. The van der Waals surface area contributed by atoms with E-state index in [4.69, 9.17) is 29.6 Å². The summed E-state index contributed by atoms with van der Waals surface area (Å²) in [7, 11) is 0.